The van der Waals surface area contributed by atoms with E-state index in [2.05, 4.69) is 0 Å². The number of hydrogen-bond acceptors (Lipinski definition) is 9. The summed E-state index contributed by atoms with van der Waals surface area (Å²) in [6.45, 7) is 4.83. The van der Waals surface area contributed by atoms with Gasteiger partial charge in [0.15, 0.2) is 0 Å². The van der Waals surface area contributed by atoms with Crippen molar-refractivity contribution in [2.45, 2.75) is 39.8 Å². The largest absolute Gasteiger partial charge is 1.00 e. The number of carboxylic acids is 3. The molecule has 0 saturated carbocycles. The average molecular weight is 350 g/mol. The van der Waals surface area contributed by atoms with E-state index in [1.807, 2.05) is 0 Å². The molecule has 9 nitrogen and oxygen atoms in total. The number of carbonyl (C=O) groups excluding carboxylic acids is 3. The van der Waals surface area contributed by atoms with Crippen LogP contribution in [0.2, 0.25) is 0 Å². The summed E-state index contributed by atoms with van der Waals surface area (Å²) in [7, 11) is 0. The number of hydrogen-bond donors (Lipinski definition) is 3. The number of aliphatic carboxylic acids is 3. The van der Waals surface area contributed by atoms with Gasteiger partial charge in [0.25, 0.3) is 0 Å². The molecule has 5 N–H and O–H groups in total. The molecule has 0 bridgehead atoms. The maximum Gasteiger partial charge on any atom is 1.00 e. The summed E-state index contributed by atoms with van der Waals surface area (Å²) in [6.07, 6.45) is 0.503. The SMILES string of the molecule is CC(=O)[O-].CC(=O)[O-].CC(=O)[O-].CCC(N)(O)CN.[Na+].[Na+].[Na+]. The van der Waals surface area contributed by atoms with Crippen LogP contribution >= 0.6 is 0 Å². The molecule has 1 atom stereocenters. The van der Waals surface area contributed by atoms with Crippen LogP contribution in [0.3, 0.4) is 0 Å². The predicted octanol–water partition coefficient (Wildman–Crippen LogP) is -13.7. The Balaban J connectivity index is -0.0000000270. The van der Waals surface area contributed by atoms with Gasteiger partial charge in [-0.15, -0.1) is 0 Å². The molecular formula is C10H21N2Na3O7. The van der Waals surface area contributed by atoms with Crippen molar-refractivity contribution >= 4 is 17.9 Å². The van der Waals surface area contributed by atoms with Crippen LogP contribution in [0.1, 0.15) is 34.1 Å². The summed E-state index contributed by atoms with van der Waals surface area (Å²) in [6, 6.07) is 0. The minimum Gasteiger partial charge on any atom is -0.550 e. The van der Waals surface area contributed by atoms with Crippen molar-refractivity contribution in [3.8, 4) is 0 Å². The molecule has 0 fully saturated rings. The Labute approximate surface area is 197 Å². The van der Waals surface area contributed by atoms with Crippen LogP contribution in [0.4, 0.5) is 0 Å². The van der Waals surface area contributed by atoms with Gasteiger partial charge in [0.2, 0.25) is 0 Å². The van der Waals surface area contributed by atoms with Gasteiger partial charge in [-0.25, -0.2) is 0 Å². The molecule has 0 radical (unpaired) electrons. The third kappa shape index (κ3) is 165. The van der Waals surface area contributed by atoms with Gasteiger partial charge in [0.05, 0.1) is 0 Å². The summed E-state index contributed by atoms with van der Waals surface area (Å²) < 4.78 is 0. The Hall–Kier alpha value is 1.29. The number of carboxylic acid groups (broad SMARTS) is 3. The van der Waals surface area contributed by atoms with E-state index in [1.54, 1.807) is 6.92 Å². The van der Waals surface area contributed by atoms with Gasteiger partial charge >= 0.3 is 88.7 Å². The molecule has 116 valence electrons. The van der Waals surface area contributed by atoms with Crippen LogP contribution in [0.25, 0.3) is 0 Å². The van der Waals surface area contributed by atoms with E-state index >= 15 is 0 Å². The van der Waals surface area contributed by atoms with Crippen molar-refractivity contribution in [3.05, 3.63) is 0 Å². The molecule has 0 aliphatic heterocycles. The fraction of sp³-hybridized carbons (Fsp3) is 0.700. The first-order valence-corrected chi connectivity index (χ1v) is 5.06. The standard InChI is InChI=1S/C4H12N2O.3C2H4O2.3Na/c1-2-4(6,7)3-5;3*1-2(3)4;;;/h7H,2-3,5-6H2,1H3;3*1H3,(H,3,4);;;/q;;;;3*+1/p-3. The predicted molar refractivity (Wildman–Crippen MR) is 60.5 cm³/mol. The monoisotopic (exact) mass is 350 g/mol. The Kier molecular flexibility index (Phi) is 59.9. The van der Waals surface area contributed by atoms with Gasteiger partial charge in [-0.2, -0.15) is 0 Å². The second kappa shape index (κ2) is 30.2. The van der Waals surface area contributed by atoms with E-state index in [1.165, 1.54) is 0 Å². The van der Waals surface area contributed by atoms with Crippen LogP contribution in [0, 0.1) is 0 Å². The third-order valence-electron chi connectivity index (χ3n) is 0.966. The fourth-order valence-electron chi connectivity index (χ4n) is 0.144. The first kappa shape index (κ1) is 43.6. The molecule has 0 heterocycles. The van der Waals surface area contributed by atoms with Crippen molar-refractivity contribution < 1.29 is 123 Å². The Morgan fingerprint density at radius 1 is 0.909 bits per heavy atom. The molecule has 0 aliphatic rings. The average Bonchev–Trinajstić information content (AvgIpc) is 2.15. The first-order chi connectivity index (χ1) is 8.32. The van der Waals surface area contributed by atoms with Crippen LogP contribution < -0.4 is 115 Å². The summed E-state index contributed by atoms with van der Waals surface area (Å²) in [4.78, 5) is 26.7. The molecule has 22 heavy (non-hydrogen) atoms. The Morgan fingerprint density at radius 2 is 1.05 bits per heavy atom. The van der Waals surface area contributed by atoms with Crippen molar-refractivity contribution in [2.24, 2.45) is 11.5 Å². The second-order valence-corrected chi connectivity index (χ2v) is 3.14. The minimum atomic E-state index is -1.14. The van der Waals surface area contributed by atoms with E-state index < -0.39 is 23.6 Å². The molecule has 0 saturated heterocycles. The van der Waals surface area contributed by atoms with Gasteiger partial charge in [0.1, 0.15) is 5.72 Å². The van der Waals surface area contributed by atoms with Gasteiger partial charge in [-0.3, -0.25) is 0 Å². The van der Waals surface area contributed by atoms with Crippen LogP contribution in [-0.2, 0) is 14.4 Å². The van der Waals surface area contributed by atoms with Gasteiger partial charge < -0.3 is 46.3 Å². The van der Waals surface area contributed by atoms with E-state index in [9.17, 15) is 0 Å². The van der Waals surface area contributed by atoms with E-state index in [-0.39, 0.29) is 95.2 Å². The van der Waals surface area contributed by atoms with Crippen LogP contribution in [-0.4, -0.2) is 35.3 Å². The summed E-state index contributed by atoms with van der Waals surface area (Å²) in [5, 5.41) is 35.5. The molecule has 1 unspecified atom stereocenters. The zero-order valence-electron chi connectivity index (χ0n) is 14.5. The van der Waals surface area contributed by atoms with E-state index in [4.69, 9.17) is 46.3 Å². The number of aliphatic hydroxyl groups is 1. The zero-order valence-corrected chi connectivity index (χ0v) is 20.5. The third-order valence-corrected chi connectivity index (χ3v) is 0.966. The zero-order chi connectivity index (χ0) is 16.6. The number of carbonyl (C=O) groups is 3. The van der Waals surface area contributed by atoms with Crippen molar-refractivity contribution in [1.29, 1.82) is 0 Å². The Bertz CT molecular complexity index is 220. The fourth-order valence-corrected chi connectivity index (χ4v) is 0.144. The molecular weight excluding hydrogens is 329 g/mol. The smallest absolute Gasteiger partial charge is 0.550 e. The quantitative estimate of drug-likeness (QED) is 0.320. The summed E-state index contributed by atoms with van der Waals surface area (Å²) in [5.74, 6) is -3.25. The van der Waals surface area contributed by atoms with Gasteiger partial charge in [-0.05, 0) is 27.2 Å². The minimum absolute atomic E-state index is 0. The van der Waals surface area contributed by atoms with Crippen LogP contribution in [0.5, 0.6) is 0 Å². The van der Waals surface area contributed by atoms with Crippen molar-refractivity contribution in [1.82, 2.24) is 0 Å². The van der Waals surface area contributed by atoms with Crippen LogP contribution in [0.15, 0.2) is 0 Å². The second-order valence-electron chi connectivity index (χ2n) is 3.14. The van der Waals surface area contributed by atoms with Gasteiger partial charge in [0, 0.05) is 24.5 Å². The number of rotatable bonds is 2. The molecule has 0 aromatic carbocycles. The first-order valence-electron chi connectivity index (χ1n) is 5.06. The topological polar surface area (TPSA) is 193 Å². The maximum atomic E-state index is 8.89. The van der Waals surface area contributed by atoms with E-state index in [0.717, 1.165) is 20.8 Å². The Morgan fingerprint density at radius 3 is 1.05 bits per heavy atom. The normalized spacial score (nSPS) is 9.41. The molecule has 0 spiro atoms. The molecule has 12 heteroatoms. The van der Waals surface area contributed by atoms with E-state index in [0.29, 0.717) is 6.42 Å². The van der Waals surface area contributed by atoms with Crippen molar-refractivity contribution in [2.75, 3.05) is 6.54 Å². The van der Waals surface area contributed by atoms with Crippen molar-refractivity contribution in [3.63, 3.8) is 0 Å². The number of nitrogens with two attached hydrogens (primary N) is 2. The van der Waals surface area contributed by atoms with Gasteiger partial charge in [-0.1, -0.05) is 6.92 Å². The molecule has 0 aliphatic carbocycles. The summed E-state index contributed by atoms with van der Waals surface area (Å²) in [5.41, 5.74) is 9.05. The molecule has 0 rings (SSSR count). The molecule has 0 aromatic heterocycles. The molecule has 0 amide bonds. The summed E-state index contributed by atoms with van der Waals surface area (Å²) >= 11 is 0. The maximum absolute atomic E-state index is 8.89. The molecule has 0 aromatic rings.